The van der Waals surface area contributed by atoms with E-state index in [1.807, 2.05) is 0 Å². The SMILES string of the molecule is Cc1nc(NS(=O)(=O)c2cccc(C(C)O)c2)ccc1Br. The lowest BCUT2D eigenvalue weighted by Crippen LogP contribution is -2.14. The molecule has 1 atom stereocenters. The van der Waals surface area contributed by atoms with Gasteiger partial charge in [0.05, 0.1) is 16.7 Å². The number of anilines is 1. The second-order valence-electron chi connectivity index (χ2n) is 4.62. The van der Waals surface area contributed by atoms with Crippen LogP contribution in [0.15, 0.2) is 45.8 Å². The van der Waals surface area contributed by atoms with Crippen molar-refractivity contribution in [3.63, 3.8) is 0 Å². The molecule has 5 nitrogen and oxygen atoms in total. The third kappa shape index (κ3) is 3.81. The molecule has 2 N–H and O–H groups in total. The fourth-order valence-corrected chi connectivity index (χ4v) is 3.02. The van der Waals surface area contributed by atoms with Gasteiger partial charge in [-0.15, -0.1) is 0 Å². The van der Waals surface area contributed by atoms with Gasteiger partial charge in [-0.2, -0.15) is 0 Å². The molecule has 112 valence electrons. The molecule has 0 saturated carbocycles. The number of hydrogen-bond acceptors (Lipinski definition) is 4. The van der Waals surface area contributed by atoms with Crippen molar-refractivity contribution in [1.82, 2.24) is 4.98 Å². The molecule has 0 saturated heterocycles. The number of aryl methyl sites for hydroxylation is 1. The molecule has 1 heterocycles. The number of sulfonamides is 1. The molecule has 7 heteroatoms. The number of hydrogen-bond donors (Lipinski definition) is 2. The summed E-state index contributed by atoms with van der Waals surface area (Å²) in [6, 6.07) is 9.49. The summed E-state index contributed by atoms with van der Waals surface area (Å²) in [7, 11) is -3.74. The number of halogens is 1. The van der Waals surface area contributed by atoms with Crippen LogP contribution in [0.3, 0.4) is 0 Å². The first-order valence-corrected chi connectivity index (χ1v) is 8.51. The quantitative estimate of drug-likeness (QED) is 0.866. The lowest BCUT2D eigenvalue weighted by atomic mass is 10.1. The van der Waals surface area contributed by atoms with E-state index in [-0.39, 0.29) is 10.7 Å². The van der Waals surface area contributed by atoms with Gasteiger partial charge in [-0.05, 0) is 59.6 Å². The number of aliphatic hydroxyl groups is 1. The van der Waals surface area contributed by atoms with Crippen LogP contribution < -0.4 is 4.72 Å². The molecule has 0 radical (unpaired) electrons. The lowest BCUT2D eigenvalue weighted by molar-refractivity contribution is 0.199. The number of rotatable bonds is 4. The minimum absolute atomic E-state index is 0.0864. The highest BCUT2D eigenvalue weighted by molar-refractivity contribution is 9.10. The van der Waals surface area contributed by atoms with Gasteiger partial charge < -0.3 is 5.11 Å². The minimum atomic E-state index is -3.74. The average Bonchev–Trinajstić information content (AvgIpc) is 2.43. The fraction of sp³-hybridized carbons (Fsp3) is 0.214. The third-order valence-electron chi connectivity index (χ3n) is 2.91. The molecule has 0 amide bonds. The van der Waals surface area contributed by atoms with Crippen molar-refractivity contribution in [2.24, 2.45) is 0 Å². The zero-order chi connectivity index (χ0) is 15.6. The standard InChI is InChI=1S/C14H15BrN2O3S/c1-9-13(15)6-7-14(16-9)17-21(19,20)12-5-3-4-11(8-12)10(2)18/h3-8,10,18H,1-2H3,(H,16,17). The maximum absolute atomic E-state index is 12.3. The largest absolute Gasteiger partial charge is 0.389 e. The maximum Gasteiger partial charge on any atom is 0.263 e. The lowest BCUT2D eigenvalue weighted by Gasteiger charge is -2.10. The zero-order valence-electron chi connectivity index (χ0n) is 11.5. The fourth-order valence-electron chi connectivity index (χ4n) is 1.74. The summed E-state index contributed by atoms with van der Waals surface area (Å²) in [4.78, 5) is 4.24. The Kier molecular flexibility index (Phi) is 4.65. The van der Waals surface area contributed by atoms with Gasteiger partial charge in [-0.3, -0.25) is 4.72 Å². The van der Waals surface area contributed by atoms with Crippen LogP contribution >= 0.6 is 15.9 Å². The van der Waals surface area contributed by atoms with Gasteiger partial charge in [-0.1, -0.05) is 12.1 Å². The Balaban J connectivity index is 2.33. The van der Waals surface area contributed by atoms with E-state index >= 15 is 0 Å². The van der Waals surface area contributed by atoms with Crippen molar-refractivity contribution in [3.8, 4) is 0 Å². The highest BCUT2D eigenvalue weighted by Gasteiger charge is 2.16. The summed E-state index contributed by atoms with van der Waals surface area (Å²) in [5.41, 5.74) is 1.23. The Bertz CT molecular complexity index is 761. The molecule has 1 unspecified atom stereocenters. The van der Waals surface area contributed by atoms with Crippen LogP contribution in [-0.2, 0) is 10.0 Å². The number of aromatic nitrogens is 1. The van der Waals surface area contributed by atoms with Gasteiger partial charge in [0.2, 0.25) is 0 Å². The monoisotopic (exact) mass is 370 g/mol. The molecule has 1 aromatic carbocycles. The van der Waals surface area contributed by atoms with Crippen molar-refractivity contribution >= 4 is 31.8 Å². The van der Waals surface area contributed by atoms with Crippen LogP contribution in [0.5, 0.6) is 0 Å². The van der Waals surface area contributed by atoms with E-state index in [4.69, 9.17) is 0 Å². The molecule has 0 aliphatic heterocycles. The Morgan fingerprint density at radius 1 is 1.29 bits per heavy atom. The highest BCUT2D eigenvalue weighted by atomic mass is 79.9. The van der Waals surface area contributed by atoms with Crippen molar-refractivity contribution < 1.29 is 13.5 Å². The third-order valence-corrected chi connectivity index (χ3v) is 5.10. The number of benzene rings is 1. The van der Waals surface area contributed by atoms with Gasteiger partial charge in [0.25, 0.3) is 10.0 Å². The van der Waals surface area contributed by atoms with Gasteiger partial charge in [0, 0.05) is 4.47 Å². The first-order valence-electron chi connectivity index (χ1n) is 6.23. The van der Waals surface area contributed by atoms with Crippen LogP contribution in [0, 0.1) is 6.92 Å². The number of nitrogens with zero attached hydrogens (tertiary/aromatic N) is 1. The summed E-state index contributed by atoms with van der Waals surface area (Å²) in [6.45, 7) is 3.36. The van der Waals surface area contributed by atoms with Crippen LogP contribution in [0.4, 0.5) is 5.82 Å². The second-order valence-corrected chi connectivity index (χ2v) is 7.15. The summed E-state index contributed by atoms with van der Waals surface area (Å²) < 4.78 is 27.9. The molecule has 2 aromatic rings. The van der Waals surface area contributed by atoms with Crippen LogP contribution in [0.2, 0.25) is 0 Å². The molecule has 0 bridgehead atoms. The smallest absolute Gasteiger partial charge is 0.263 e. The Hall–Kier alpha value is -1.44. The normalized spacial score (nSPS) is 13.0. The molecule has 0 aliphatic rings. The summed E-state index contributed by atoms with van der Waals surface area (Å²) in [5.74, 6) is 0.248. The highest BCUT2D eigenvalue weighted by Crippen LogP contribution is 2.21. The van der Waals surface area contributed by atoms with Crippen molar-refractivity contribution in [1.29, 1.82) is 0 Å². The van der Waals surface area contributed by atoms with E-state index in [1.165, 1.54) is 12.1 Å². The Morgan fingerprint density at radius 3 is 2.62 bits per heavy atom. The molecule has 0 fully saturated rings. The molecule has 1 aromatic heterocycles. The van der Waals surface area contributed by atoms with E-state index in [2.05, 4.69) is 25.6 Å². The van der Waals surface area contributed by atoms with Crippen molar-refractivity contribution in [2.75, 3.05) is 4.72 Å². The van der Waals surface area contributed by atoms with Gasteiger partial charge in [0.1, 0.15) is 5.82 Å². The van der Waals surface area contributed by atoms with E-state index in [0.717, 1.165) is 4.47 Å². The van der Waals surface area contributed by atoms with E-state index < -0.39 is 16.1 Å². The van der Waals surface area contributed by atoms with E-state index in [9.17, 15) is 13.5 Å². The predicted molar refractivity (Wildman–Crippen MR) is 84.6 cm³/mol. The van der Waals surface area contributed by atoms with Crippen LogP contribution in [0.1, 0.15) is 24.3 Å². The molecular weight excluding hydrogens is 356 g/mol. The second kappa shape index (κ2) is 6.13. The first-order chi connectivity index (χ1) is 9.79. The Labute approximate surface area is 132 Å². The van der Waals surface area contributed by atoms with Gasteiger partial charge in [0.15, 0.2) is 0 Å². The van der Waals surface area contributed by atoms with E-state index in [1.54, 1.807) is 38.1 Å². The molecule has 0 spiro atoms. The average molecular weight is 371 g/mol. The molecule has 0 aliphatic carbocycles. The molecular formula is C14H15BrN2O3S. The Morgan fingerprint density at radius 2 is 2.00 bits per heavy atom. The number of aliphatic hydroxyl groups excluding tert-OH is 1. The van der Waals surface area contributed by atoms with Crippen molar-refractivity contribution in [3.05, 3.63) is 52.1 Å². The van der Waals surface area contributed by atoms with E-state index in [0.29, 0.717) is 11.3 Å². The summed E-state index contributed by atoms with van der Waals surface area (Å²) >= 11 is 3.31. The van der Waals surface area contributed by atoms with Crippen LogP contribution in [-0.4, -0.2) is 18.5 Å². The van der Waals surface area contributed by atoms with Gasteiger partial charge >= 0.3 is 0 Å². The van der Waals surface area contributed by atoms with Gasteiger partial charge in [-0.25, -0.2) is 13.4 Å². The topological polar surface area (TPSA) is 79.3 Å². The molecule has 21 heavy (non-hydrogen) atoms. The maximum atomic E-state index is 12.3. The number of nitrogens with one attached hydrogen (secondary N) is 1. The first kappa shape index (κ1) is 15.9. The number of pyridine rings is 1. The summed E-state index contributed by atoms with van der Waals surface area (Å²) in [5, 5.41) is 9.54. The zero-order valence-corrected chi connectivity index (χ0v) is 13.9. The van der Waals surface area contributed by atoms with Crippen molar-refractivity contribution in [2.45, 2.75) is 24.8 Å². The minimum Gasteiger partial charge on any atom is -0.389 e. The molecule has 2 rings (SSSR count). The van der Waals surface area contributed by atoms with Crippen LogP contribution in [0.25, 0.3) is 0 Å². The summed E-state index contributed by atoms with van der Waals surface area (Å²) in [6.07, 6.45) is -0.729. The predicted octanol–water partition coefficient (Wildman–Crippen LogP) is 3.01.